The molecule has 1 amide bonds. The van der Waals surface area contributed by atoms with Gasteiger partial charge in [0.05, 0.1) is 18.4 Å². The van der Waals surface area contributed by atoms with Crippen LogP contribution in [0.1, 0.15) is 54.7 Å². The fraction of sp³-hybridized carbons (Fsp3) is 0.652. The number of imidazole rings is 1. The van der Waals surface area contributed by atoms with E-state index in [4.69, 9.17) is 4.74 Å². The zero-order valence-corrected chi connectivity index (χ0v) is 16.9. The Kier molecular flexibility index (Phi) is 4.20. The van der Waals surface area contributed by atoms with Crippen LogP contribution in [0.2, 0.25) is 0 Å². The van der Waals surface area contributed by atoms with Gasteiger partial charge in [0.15, 0.2) is 0 Å². The Morgan fingerprint density at radius 3 is 2.93 bits per heavy atom. The van der Waals surface area contributed by atoms with Crippen molar-refractivity contribution in [2.24, 2.45) is 23.2 Å². The molecule has 4 saturated carbocycles. The maximum absolute atomic E-state index is 13.1. The molecule has 4 bridgehead atoms. The summed E-state index contributed by atoms with van der Waals surface area (Å²) in [5.41, 5.74) is 2.72. The van der Waals surface area contributed by atoms with Crippen LogP contribution in [0.3, 0.4) is 0 Å². The van der Waals surface area contributed by atoms with Gasteiger partial charge in [-0.2, -0.15) is 0 Å². The molecular weight excluding hydrogens is 364 g/mol. The molecule has 3 unspecified atom stereocenters. The minimum Gasteiger partial charge on any atom is -0.370 e. The standard InChI is InChI=1S/C23H30N4O2/c28-22(25-14-23-9-15-6-16(10-23)8-17(23)7-15)20-2-1-3-21-26-18(12-27(20)21)13-29-19-4-5-24-11-19/h1-3,12,15-17,19,24H,4-11,13-14H2,(H,25,28). The Labute approximate surface area is 171 Å². The van der Waals surface area contributed by atoms with Crippen LogP contribution in [-0.4, -0.2) is 41.0 Å². The highest BCUT2D eigenvalue weighted by Crippen LogP contribution is 2.65. The number of hydrogen-bond acceptors (Lipinski definition) is 4. The predicted molar refractivity (Wildman–Crippen MR) is 110 cm³/mol. The van der Waals surface area contributed by atoms with Gasteiger partial charge in [-0.15, -0.1) is 0 Å². The van der Waals surface area contributed by atoms with Gasteiger partial charge in [-0.3, -0.25) is 9.20 Å². The van der Waals surface area contributed by atoms with Gasteiger partial charge >= 0.3 is 0 Å². The van der Waals surface area contributed by atoms with E-state index in [-0.39, 0.29) is 12.0 Å². The summed E-state index contributed by atoms with van der Waals surface area (Å²) in [7, 11) is 0. The number of aromatic nitrogens is 2. The van der Waals surface area contributed by atoms with Crippen molar-refractivity contribution in [3.63, 3.8) is 0 Å². The maximum Gasteiger partial charge on any atom is 0.268 e. The first-order valence-electron chi connectivity index (χ1n) is 11.3. The van der Waals surface area contributed by atoms with Crippen molar-refractivity contribution in [2.45, 2.75) is 51.2 Å². The van der Waals surface area contributed by atoms with Crippen molar-refractivity contribution in [1.29, 1.82) is 0 Å². The first-order chi connectivity index (χ1) is 14.2. The summed E-state index contributed by atoms with van der Waals surface area (Å²) in [4.78, 5) is 17.7. The number of ether oxygens (including phenoxy) is 1. The van der Waals surface area contributed by atoms with E-state index in [1.54, 1.807) is 0 Å². The number of pyridine rings is 1. The zero-order chi connectivity index (χ0) is 19.4. The molecule has 29 heavy (non-hydrogen) atoms. The molecule has 0 spiro atoms. The molecule has 5 fully saturated rings. The Balaban J connectivity index is 1.16. The summed E-state index contributed by atoms with van der Waals surface area (Å²) in [6.07, 6.45) is 10.1. The Morgan fingerprint density at radius 2 is 2.14 bits per heavy atom. The molecule has 154 valence electrons. The third-order valence-corrected chi connectivity index (χ3v) is 8.02. The molecule has 0 radical (unpaired) electrons. The zero-order valence-electron chi connectivity index (χ0n) is 16.9. The second kappa shape index (κ2) is 6.81. The Hall–Kier alpha value is -1.92. The van der Waals surface area contributed by atoms with E-state index < -0.39 is 0 Å². The number of fused-ring (bicyclic) bond motifs is 1. The summed E-state index contributed by atoms with van der Waals surface area (Å²) < 4.78 is 7.87. The third kappa shape index (κ3) is 3.08. The number of rotatable bonds is 6. The van der Waals surface area contributed by atoms with E-state index in [9.17, 15) is 4.79 Å². The van der Waals surface area contributed by atoms with E-state index in [1.165, 1.54) is 32.1 Å². The molecule has 1 aliphatic heterocycles. The van der Waals surface area contributed by atoms with E-state index in [0.29, 0.717) is 17.7 Å². The van der Waals surface area contributed by atoms with Gasteiger partial charge in [-0.1, -0.05) is 6.07 Å². The summed E-state index contributed by atoms with van der Waals surface area (Å²) in [6, 6.07) is 5.77. The van der Waals surface area contributed by atoms with Crippen molar-refractivity contribution in [3.8, 4) is 0 Å². The van der Waals surface area contributed by atoms with Gasteiger partial charge in [-0.25, -0.2) is 4.98 Å². The highest BCUT2D eigenvalue weighted by atomic mass is 16.5. The number of nitrogens with one attached hydrogen (secondary N) is 2. The lowest BCUT2D eigenvalue weighted by atomic mass is 9.75. The summed E-state index contributed by atoms with van der Waals surface area (Å²) in [6.45, 7) is 3.25. The molecule has 3 atom stereocenters. The fourth-order valence-corrected chi connectivity index (χ4v) is 6.89. The summed E-state index contributed by atoms with van der Waals surface area (Å²) in [5.74, 6) is 2.68. The van der Waals surface area contributed by atoms with Crippen LogP contribution < -0.4 is 10.6 Å². The highest BCUT2D eigenvalue weighted by molar-refractivity contribution is 5.93. The van der Waals surface area contributed by atoms with Crippen LogP contribution in [0.4, 0.5) is 0 Å². The minimum absolute atomic E-state index is 0.0149. The molecule has 2 aromatic heterocycles. The van der Waals surface area contributed by atoms with E-state index in [1.807, 2.05) is 28.8 Å². The molecule has 1 saturated heterocycles. The quantitative estimate of drug-likeness (QED) is 0.791. The van der Waals surface area contributed by atoms with Crippen LogP contribution >= 0.6 is 0 Å². The summed E-state index contributed by atoms with van der Waals surface area (Å²) >= 11 is 0. The Bertz CT molecular complexity index is 918. The molecule has 2 N–H and O–H groups in total. The van der Waals surface area contributed by atoms with Crippen molar-refractivity contribution in [3.05, 3.63) is 35.8 Å². The second-order valence-corrected chi connectivity index (χ2v) is 9.89. The average molecular weight is 395 g/mol. The smallest absolute Gasteiger partial charge is 0.268 e. The van der Waals surface area contributed by atoms with Gasteiger partial charge in [0, 0.05) is 19.3 Å². The normalized spacial score (nSPS) is 35.0. The molecule has 6 nitrogen and oxygen atoms in total. The van der Waals surface area contributed by atoms with Gasteiger partial charge in [0.25, 0.3) is 5.91 Å². The number of amides is 1. The molecule has 2 aromatic rings. The van der Waals surface area contributed by atoms with Crippen molar-refractivity contribution < 1.29 is 9.53 Å². The van der Waals surface area contributed by atoms with Crippen molar-refractivity contribution in [1.82, 2.24) is 20.0 Å². The first-order valence-corrected chi connectivity index (χ1v) is 11.3. The number of carbonyl (C=O) groups is 1. The van der Waals surface area contributed by atoms with E-state index in [2.05, 4.69) is 15.6 Å². The van der Waals surface area contributed by atoms with Crippen LogP contribution in [0.25, 0.3) is 5.65 Å². The molecule has 4 aliphatic carbocycles. The average Bonchev–Trinajstić information content (AvgIpc) is 3.46. The topological polar surface area (TPSA) is 67.7 Å². The molecule has 5 aliphatic rings. The van der Waals surface area contributed by atoms with Crippen LogP contribution in [-0.2, 0) is 11.3 Å². The number of carbonyl (C=O) groups excluding carboxylic acids is 1. The van der Waals surface area contributed by atoms with Crippen LogP contribution in [0.15, 0.2) is 24.4 Å². The maximum atomic E-state index is 13.1. The predicted octanol–water partition coefficient (Wildman–Crippen LogP) is 2.77. The van der Waals surface area contributed by atoms with Gasteiger partial charge in [0.2, 0.25) is 0 Å². The molecule has 0 aromatic carbocycles. The Morgan fingerprint density at radius 1 is 1.28 bits per heavy atom. The number of nitrogens with zero attached hydrogens (tertiary/aromatic N) is 2. The SMILES string of the molecule is O=C(NCC12CC3CC(CC1C3)C2)c1cccc2nc(COC3CCNC3)cn12. The monoisotopic (exact) mass is 394 g/mol. The second-order valence-electron chi connectivity index (χ2n) is 9.89. The third-order valence-electron chi connectivity index (χ3n) is 8.02. The molecule has 7 rings (SSSR count). The van der Waals surface area contributed by atoms with Crippen LogP contribution in [0, 0.1) is 23.2 Å². The largest absolute Gasteiger partial charge is 0.370 e. The van der Waals surface area contributed by atoms with E-state index in [0.717, 1.165) is 55.1 Å². The molecule has 3 heterocycles. The molecular formula is C23H30N4O2. The number of hydrogen-bond donors (Lipinski definition) is 2. The van der Waals surface area contributed by atoms with Crippen molar-refractivity contribution >= 4 is 11.6 Å². The minimum atomic E-state index is 0.0149. The first kappa shape index (κ1) is 17.9. The van der Waals surface area contributed by atoms with Crippen molar-refractivity contribution in [2.75, 3.05) is 19.6 Å². The van der Waals surface area contributed by atoms with Crippen LogP contribution in [0.5, 0.6) is 0 Å². The molecule has 6 heteroatoms. The lowest BCUT2D eigenvalue weighted by Gasteiger charge is -2.33. The summed E-state index contributed by atoms with van der Waals surface area (Å²) in [5, 5.41) is 6.61. The van der Waals surface area contributed by atoms with Gasteiger partial charge in [-0.05, 0) is 80.4 Å². The lowest BCUT2D eigenvalue weighted by Crippen LogP contribution is -2.39. The van der Waals surface area contributed by atoms with Gasteiger partial charge in [0.1, 0.15) is 11.3 Å². The van der Waals surface area contributed by atoms with E-state index >= 15 is 0 Å². The van der Waals surface area contributed by atoms with Gasteiger partial charge < -0.3 is 15.4 Å². The fourth-order valence-electron chi connectivity index (χ4n) is 6.89. The highest BCUT2D eigenvalue weighted by Gasteiger charge is 2.57. The lowest BCUT2D eigenvalue weighted by molar-refractivity contribution is 0.0524.